The van der Waals surface area contributed by atoms with E-state index in [0.29, 0.717) is 33.6 Å². The number of carbonyl (C=O) groups excluding carboxylic acids is 2. The second-order valence-corrected chi connectivity index (χ2v) is 7.60. The van der Waals surface area contributed by atoms with Gasteiger partial charge in [-0.25, -0.2) is 0 Å². The SMILES string of the molecule is CCNC(=O)C(CC)N(Cc1ccccc1Cl)C(=O)Cc1ccc(Cl)cc1Cl. The molecule has 2 rings (SSSR count). The molecule has 2 aromatic rings. The first kappa shape index (κ1) is 22.5. The molecule has 2 amide bonds. The zero-order valence-electron chi connectivity index (χ0n) is 15.8. The van der Waals surface area contributed by atoms with Gasteiger partial charge in [-0.15, -0.1) is 0 Å². The first-order valence-electron chi connectivity index (χ1n) is 9.11. The minimum atomic E-state index is -0.602. The monoisotopic (exact) mass is 440 g/mol. The fraction of sp³-hybridized carbons (Fsp3) is 0.333. The molecule has 0 aromatic heterocycles. The van der Waals surface area contributed by atoms with Crippen LogP contribution in [0.4, 0.5) is 0 Å². The number of benzene rings is 2. The van der Waals surface area contributed by atoms with Gasteiger partial charge < -0.3 is 10.2 Å². The molecule has 0 aliphatic rings. The molecule has 0 aliphatic carbocycles. The largest absolute Gasteiger partial charge is 0.355 e. The van der Waals surface area contributed by atoms with E-state index in [9.17, 15) is 9.59 Å². The summed E-state index contributed by atoms with van der Waals surface area (Å²) in [5, 5.41) is 4.28. The van der Waals surface area contributed by atoms with Crippen molar-refractivity contribution >= 4 is 46.6 Å². The summed E-state index contributed by atoms with van der Waals surface area (Å²) in [5.41, 5.74) is 1.44. The molecule has 7 heteroatoms. The van der Waals surface area contributed by atoms with E-state index in [4.69, 9.17) is 34.8 Å². The molecule has 0 saturated heterocycles. The highest BCUT2D eigenvalue weighted by Gasteiger charge is 2.29. The van der Waals surface area contributed by atoms with E-state index in [1.807, 2.05) is 32.0 Å². The van der Waals surface area contributed by atoms with Crippen LogP contribution in [-0.4, -0.2) is 29.3 Å². The van der Waals surface area contributed by atoms with Gasteiger partial charge in [-0.1, -0.05) is 66.0 Å². The summed E-state index contributed by atoms with van der Waals surface area (Å²) in [6.45, 7) is 4.45. The van der Waals surface area contributed by atoms with Crippen molar-refractivity contribution in [3.05, 3.63) is 68.7 Å². The summed E-state index contributed by atoms with van der Waals surface area (Å²) < 4.78 is 0. The van der Waals surface area contributed by atoms with E-state index >= 15 is 0 Å². The number of nitrogens with zero attached hydrogens (tertiary/aromatic N) is 1. The average molecular weight is 442 g/mol. The number of hydrogen-bond donors (Lipinski definition) is 1. The van der Waals surface area contributed by atoms with Crippen molar-refractivity contribution in [1.29, 1.82) is 0 Å². The number of rotatable bonds is 8. The van der Waals surface area contributed by atoms with Crippen molar-refractivity contribution in [2.45, 2.75) is 39.3 Å². The lowest BCUT2D eigenvalue weighted by Gasteiger charge is -2.31. The van der Waals surface area contributed by atoms with Crippen LogP contribution in [0.15, 0.2) is 42.5 Å². The van der Waals surface area contributed by atoms with E-state index in [1.54, 1.807) is 29.2 Å². The Labute approximate surface area is 180 Å². The third-order valence-electron chi connectivity index (χ3n) is 4.39. The molecule has 1 N–H and O–H groups in total. The molecule has 0 bridgehead atoms. The lowest BCUT2D eigenvalue weighted by atomic mass is 10.1. The molecule has 0 saturated carbocycles. The van der Waals surface area contributed by atoms with Crippen molar-refractivity contribution < 1.29 is 9.59 Å². The van der Waals surface area contributed by atoms with Crippen LogP contribution in [-0.2, 0) is 22.6 Å². The van der Waals surface area contributed by atoms with Gasteiger partial charge in [0.15, 0.2) is 0 Å². The maximum absolute atomic E-state index is 13.2. The second-order valence-electron chi connectivity index (χ2n) is 6.34. The van der Waals surface area contributed by atoms with Crippen LogP contribution < -0.4 is 5.32 Å². The van der Waals surface area contributed by atoms with Crippen molar-refractivity contribution in [3.63, 3.8) is 0 Å². The Balaban J connectivity index is 2.33. The average Bonchev–Trinajstić information content (AvgIpc) is 2.65. The summed E-state index contributed by atoms with van der Waals surface area (Å²) >= 11 is 18.5. The smallest absolute Gasteiger partial charge is 0.242 e. The van der Waals surface area contributed by atoms with E-state index in [2.05, 4.69) is 5.32 Å². The molecule has 0 aliphatic heterocycles. The minimum absolute atomic E-state index is 0.0658. The highest BCUT2D eigenvalue weighted by atomic mass is 35.5. The number of halogens is 3. The van der Waals surface area contributed by atoms with Gasteiger partial charge in [-0.2, -0.15) is 0 Å². The molecular weight excluding hydrogens is 419 g/mol. The fourth-order valence-electron chi connectivity index (χ4n) is 2.95. The molecule has 0 spiro atoms. The van der Waals surface area contributed by atoms with Crippen molar-refractivity contribution in [1.82, 2.24) is 10.2 Å². The van der Waals surface area contributed by atoms with Gasteiger partial charge in [0.1, 0.15) is 6.04 Å². The minimum Gasteiger partial charge on any atom is -0.355 e. The third-order valence-corrected chi connectivity index (χ3v) is 5.35. The Kier molecular flexibility index (Phi) is 8.61. The highest BCUT2D eigenvalue weighted by Crippen LogP contribution is 2.24. The van der Waals surface area contributed by atoms with Gasteiger partial charge in [0.25, 0.3) is 0 Å². The lowest BCUT2D eigenvalue weighted by molar-refractivity contribution is -0.140. The summed E-state index contributed by atoms with van der Waals surface area (Å²) in [4.78, 5) is 27.3. The quantitative estimate of drug-likeness (QED) is 0.617. The summed E-state index contributed by atoms with van der Waals surface area (Å²) in [7, 11) is 0. The van der Waals surface area contributed by atoms with Crippen molar-refractivity contribution in [2.75, 3.05) is 6.54 Å². The predicted molar refractivity (Wildman–Crippen MR) is 115 cm³/mol. The molecular formula is C21H23Cl3N2O2. The van der Waals surface area contributed by atoms with Crippen LogP contribution in [0, 0.1) is 0 Å². The molecule has 4 nitrogen and oxygen atoms in total. The molecule has 0 fully saturated rings. The molecule has 1 unspecified atom stereocenters. The molecule has 0 radical (unpaired) electrons. The molecule has 28 heavy (non-hydrogen) atoms. The maximum Gasteiger partial charge on any atom is 0.242 e. The fourth-order valence-corrected chi connectivity index (χ4v) is 3.62. The van der Waals surface area contributed by atoms with Crippen LogP contribution in [0.5, 0.6) is 0 Å². The van der Waals surface area contributed by atoms with E-state index < -0.39 is 6.04 Å². The van der Waals surface area contributed by atoms with Crippen molar-refractivity contribution in [2.24, 2.45) is 0 Å². The van der Waals surface area contributed by atoms with E-state index in [0.717, 1.165) is 5.56 Å². The number of likely N-dealkylation sites (N-methyl/N-ethyl adjacent to an activating group) is 1. The van der Waals surface area contributed by atoms with E-state index in [-0.39, 0.29) is 24.8 Å². The Morgan fingerprint density at radius 3 is 2.32 bits per heavy atom. The maximum atomic E-state index is 13.2. The first-order valence-corrected chi connectivity index (χ1v) is 10.2. The van der Waals surface area contributed by atoms with Gasteiger partial charge in [-0.3, -0.25) is 9.59 Å². The van der Waals surface area contributed by atoms with Gasteiger partial charge >= 0.3 is 0 Å². The van der Waals surface area contributed by atoms with Crippen molar-refractivity contribution in [3.8, 4) is 0 Å². The molecule has 2 aromatic carbocycles. The van der Waals surface area contributed by atoms with E-state index in [1.165, 1.54) is 0 Å². The standard InChI is InChI=1S/C21H23Cl3N2O2/c1-3-19(21(28)25-4-2)26(13-15-7-5-6-8-17(15)23)20(27)11-14-9-10-16(22)12-18(14)24/h5-10,12,19H,3-4,11,13H2,1-2H3,(H,25,28). The Morgan fingerprint density at radius 1 is 1.00 bits per heavy atom. The van der Waals surface area contributed by atoms with Gasteiger partial charge in [-0.05, 0) is 42.7 Å². The normalized spacial score (nSPS) is 11.8. The Morgan fingerprint density at radius 2 is 1.71 bits per heavy atom. The van der Waals surface area contributed by atoms with Gasteiger partial charge in [0, 0.05) is 28.2 Å². The zero-order valence-corrected chi connectivity index (χ0v) is 18.1. The van der Waals surface area contributed by atoms with Gasteiger partial charge in [0.2, 0.25) is 11.8 Å². The number of nitrogens with one attached hydrogen (secondary N) is 1. The Hall–Kier alpha value is -1.75. The van der Waals surface area contributed by atoms with Crippen LogP contribution in [0.25, 0.3) is 0 Å². The van der Waals surface area contributed by atoms with Crippen LogP contribution >= 0.6 is 34.8 Å². The highest BCUT2D eigenvalue weighted by molar-refractivity contribution is 6.35. The third kappa shape index (κ3) is 5.87. The predicted octanol–water partition coefficient (Wildman–Crippen LogP) is 5.13. The molecule has 1 atom stereocenters. The van der Waals surface area contributed by atoms with Crippen LogP contribution in [0.1, 0.15) is 31.4 Å². The molecule has 150 valence electrons. The van der Waals surface area contributed by atoms with Crippen LogP contribution in [0.3, 0.4) is 0 Å². The first-order chi connectivity index (χ1) is 13.4. The Bertz CT molecular complexity index is 842. The second kappa shape index (κ2) is 10.7. The molecule has 0 heterocycles. The zero-order chi connectivity index (χ0) is 20.7. The lowest BCUT2D eigenvalue weighted by Crippen LogP contribution is -2.49. The van der Waals surface area contributed by atoms with Gasteiger partial charge in [0.05, 0.1) is 6.42 Å². The number of hydrogen-bond acceptors (Lipinski definition) is 2. The summed E-state index contributed by atoms with van der Waals surface area (Å²) in [6, 6.07) is 11.7. The number of carbonyl (C=O) groups is 2. The topological polar surface area (TPSA) is 49.4 Å². The number of amides is 2. The van der Waals surface area contributed by atoms with Crippen LogP contribution in [0.2, 0.25) is 15.1 Å². The summed E-state index contributed by atoms with van der Waals surface area (Å²) in [5.74, 6) is -0.394. The summed E-state index contributed by atoms with van der Waals surface area (Å²) in [6.07, 6.45) is 0.548.